The Kier molecular flexibility index (Phi) is 4.58. The van der Waals surface area contributed by atoms with E-state index in [-0.39, 0.29) is 11.3 Å². The molecule has 23 heavy (non-hydrogen) atoms. The van der Waals surface area contributed by atoms with E-state index in [2.05, 4.69) is 5.32 Å². The van der Waals surface area contributed by atoms with Gasteiger partial charge >= 0.3 is 0 Å². The molecule has 0 aliphatic carbocycles. The number of aromatic nitrogens is 1. The third kappa shape index (κ3) is 3.28. The van der Waals surface area contributed by atoms with Crippen LogP contribution in [0.2, 0.25) is 0 Å². The fraction of sp³-hybridized carbons (Fsp3) is 0.118. The van der Waals surface area contributed by atoms with Crippen LogP contribution in [-0.4, -0.2) is 10.5 Å². The molecule has 0 spiro atoms. The molecule has 0 saturated heterocycles. The minimum atomic E-state index is -0.709. The number of para-hydroxylation sites is 1. The van der Waals surface area contributed by atoms with E-state index in [1.165, 1.54) is 24.3 Å². The zero-order valence-electron chi connectivity index (χ0n) is 12.6. The second-order valence-electron chi connectivity index (χ2n) is 4.84. The van der Waals surface area contributed by atoms with Crippen molar-refractivity contribution in [3.63, 3.8) is 0 Å². The van der Waals surface area contributed by atoms with Gasteiger partial charge in [-0.3, -0.25) is 4.79 Å². The van der Waals surface area contributed by atoms with Gasteiger partial charge in [-0.15, -0.1) is 0 Å². The van der Waals surface area contributed by atoms with Crippen LogP contribution in [0.4, 0.5) is 10.1 Å². The maximum Gasteiger partial charge on any atom is 0.266 e. The zero-order valence-corrected chi connectivity index (χ0v) is 12.6. The summed E-state index contributed by atoms with van der Waals surface area (Å²) in [5.74, 6) is -1.29. The Labute approximate surface area is 132 Å². The average molecular weight is 308 g/mol. The van der Waals surface area contributed by atoms with Crippen LogP contribution in [0, 0.1) is 35.4 Å². The molecule has 0 aliphatic rings. The lowest BCUT2D eigenvalue weighted by molar-refractivity contribution is -0.112. The van der Waals surface area contributed by atoms with Gasteiger partial charge in [0, 0.05) is 12.7 Å². The van der Waals surface area contributed by atoms with Gasteiger partial charge in [-0.2, -0.15) is 10.5 Å². The van der Waals surface area contributed by atoms with Crippen molar-refractivity contribution in [2.24, 2.45) is 7.05 Å². The second kappa shape index (κ2) is 6.59. The third-order valence-corrected chi connectivity index (χ3v) is 3.48. The first-order chi connectivity index (χ1) is 11.0. The van der Waals surface area contributed by atoms with Crippen LogP contribution in [0.3, 0.4) is 0 Å². The molecule has 114 valence electrons. The molecule has 0 fully saturated rings. The van der Waals surface area contributed by atoms with E-state index in [9.17, 15) is 14.4 Å². The highest BCUT2D eigenvalue weighted by Gasteiger charge is 2.14. The maximum atomic E-state index is 13.6. The molecule has 1 amide bonds. The van der Waals surface area contributed by atoms with Gasteiger partial charge in [-0.1, -0.05) is 12.1 Å². The lowest BCUT2D eigenvalue weighted by Crippen LogP contribution is -2.14. The van der Waals surface area contributed by atoms with E-state index < -0.39 is 11.7 Å². The summed E-state index contributed by atoms with van der Waals surface area (Å²) in [6.07, 6.45) is 1.38. The lowest BCUT2D eigenvalue weighted by atomic mass is 10.1. The number of hydrogen-bond acceptors (Lipinski definition) is 3. The lowest BCUT2D eigenvalue weighted by Gasteiger charge is -2.05. The molecule has 6 heteroatoms. The van der Waals surface area contributed by atoms with Crippen LogP contribution in [0.25, 0.3) is 6.08 Å². The number of nitrogens with one attached hydrogen (secondary N) is 1. The molecule has 5 nitrogen and oxygen atoms in total. The highest BCUT2D eigenvalue weighted by molar-refractivity contribution is 6.09. The third-order valence-electron chi connectivity index (χ3n) is 3.48. The number of nitrogens with zero attached hydrogens (tertiary/aromatic N) is 3. The van der Waals surface area contributed by atoms with Gasteiger partial charge in [0.05, 0.1) is 5.69 Å². The van der Waals surface area contributed by atoms with Crippen molar-refractivity contribution in [2.75, 3.05) is 5.32 Å². The predicted octanol–water partition coefficient (Wildman–Crippen LogP) is 2.89. The molecule has 0 aliphatic heterocycles. The van der Waals surface area contributed by atoms with Gasteiger partial charge in [0.2, 0.25) is 0 Å². The van der Waals surface area contributed by atoms with Crippen molar-refractivity contribution >= 4 is 17.7 Å². The van der Waals surface area contributed by atoms with Gasteiger partial charge in [0.15, 0.2) is 0 Å². The largest absolute Gasteiger partial charge is 0.339 e. The molecule has 1 aromatic carbocycles. The van der Waals surface area contributed by atoms with Crippen LogP contribution in [0.5, 0.6) is 0 Å². The van der Waals surface area contributed by atoms with Crippen molar-refractivity contribution < 1.29 is 9.18 Å². The van der Waals surface area contributed by atoms with E-state index in [0.29, 0.717) is 11.3 Å². The summed E-state index contributed by atoms with van der Waals surface area (Å²) >= 11 is 0. The topological polar surface area (TPSA) is 81.6 Å². The Morgan fingerprint density at radius 1 is 1.35 bits per heavy atom. The van der Waals surface area contributed by atoms with E-state index in [1.54, 1.807) is 36.7 Å². The highest BCUT2D eigenvalue weighted by Crippen LogP contribution is 2.18. The molecule has 2 rings (SSSR count). The van der Waals surface area contributed by atoms with Crippen molar-refractivity contribution in [3.05, 3.63) is 58.7 Å². The number of halogens is 1. The molecular formula is C17H13FN4O. The summed E-state index contributed by atoms with van der Waals surface area (Å²) in [5.41, 5.74) is 1.57. The first kappa shape index (κ1) is 16.0. The molecule has 0 saturated carbocycles. The SMILES string of the molecule is Cc1c(C=C(C#N)C(=O)Nc2ccccc2F)cc(C#N)n1C. The Morgan fingerprint density at radius 2 is 2.04 bits per heavy atom. The normalized spacial score (nSPS) is 10.7. The number of nitriles is 2. The summed E-state index contributed by atoms with van der Waals surface area (Å²) < 4.78 is 15.2. The molecule has 1 heterocycles. The summed E-state index contributed by atoms with van der Waals surface area (Å²) in [4.78, 5) is 12.1. The first-order valence-corrected chi connectivity index (χ1v) is 6.72. The van der Waals surface area contributed by atoms with Crippen LogP contribution < -0.4 is 5.32 Å². The predicted molar refractivity (Wildman–Crippen MR) is 83.5 cm³/mol. The van der Waals surface area contributed by atoms with Gasteiger partial charge in [0.1, 0.15) is 29.2 Å². The monoisotopic (exact) mass is 308 g/mol. The van der Waals surface area contributed by atoms with Crippen molar-refractivity contribution in [1.29, 1.82) is 10.5 Å². The Balaban J connectivity index is 2.33. The standard InChI is InChI=1S/C17H13FN4O/c1-11-12(8-14(10-20)22(11)2)7-13(9-19)17(23)21-16-6-4-3-5-15(16)18/h3-8H,1-2H3,(H,21,23). The van der Waals surface area contributed by atoms with Crippen LogP contribution in [0.1, 0.15) is 17.0 Å². The van der Waals surface area contributed by atoms with Gasteiger partial charge < -0.3 is 9.88 Å². The van der Waals surface area contributed by atoms with Crippen LogP contribution in [0.15, 0.2) is 35.9 Å². The van der Waals surface area contributed by atoms with E-state index in [0.717, 1.165) is 5.69 Å². The molecule has 0 unspecified atom stereocenters. The van der Waals surface area contributed by atoms with E-state index in [4.69, 9.17) is 5.26 Å². The van der Waals surface area contributed by atoms with Crippen molar-refractivity contribution in [1.82, 2.24) is 4.57 Å². The molecule has 1 N–H and O–H groups in total. The van der Waals surface area contributed by atoms with Gasteiger partial charge in [0.25, 0.3) is 5.91 Å². The van der Waals surface area contributed by atoms with Crippen molar-refractivity contribution in [3.8, 4) is 12.1 Å². The Bertz CT molecular complexity index is 881. The Morgan fingerprint density at radius 3 is 2.61 bits per heavy atom. The quantitative estimate of drug-likeness (QED) is 0.699. The molecular weight excluding hydrogens is 295 g/mol. The zero-order chi connectivity index (χ0) is 17.0. The summed E-state index contributed by atoms with van der Waals surface area (Å²) in [7, 11) is 1.72. The summed E-state index contributed by atoms with van der Waals surface area (Å²) in [6, 6.07) is 11.1. The second-order valence-corrected chi connectivity index (χ2v) is 4.84. The van der Waals surface area contributed by atoms with Gasteiger partial charge in [-0.05, 0) is 36.8 Å². The maximum absolute atomic E-state index is 13.6. The molecule has 0 atom stereocenters. The van der Waals surface area contributed by atoms with Crippen LogP contribution >= 0.6 is 0 Å². The fourth-order valence-electron chi connectivity index (χ4n) is 2.03. The number of benzene rings is 1. The van der Waals surface area contributed by atoms with Gasteiger partial charge in [-0.25, -0.2) is 4.39 Å². The molecule has 0 bridgehead atoms. The molecule has 2 aromatic rings. The number of rotatable bonds is 3. The fourth-order valence-corrected chi connectivity index (χ4v) is 2.03. The molecule has 1 aromatic heterocycles. The number of hydrogen-bond donors (Lipinski definition) is 1. The van der Waals surface area contributed by atoms with Crippen LogP contribution in [-0.2, 0) is 11.8 Å². The average Bonchev–Trinajstić information content (AvgIpc) is 2.82. The Hall–Kier alpha value is -3.38. The minimum absolute atomic E-state index is 0.00106. The highest BCUT2D eigenvalue weighted by atomic mass is 19.1. The van der Waals surface area contributed by atoms with E-state index >= 15 is 0 Å². The van der Waals surface area contributed by atoms with E-state index in [1.807, 2.05) is 6.07 Å². The number of carbonyl (C=O) groups excluding carboxylic acids is 1. The molecule has 0 radical (unpaired) electrons. The number of amides is 1. The number of anilines is 1. The van der Waals surface area contributed by atoms with Crippen molar-refractivity contribution in [2.45, 2.75) is 6.92 Å². The number of carbonyl (C=O) groups is 1. The summed E-state index contributed by atoms with van der Waals surface area (Å²) in [5, 5.41) is 20.5. The smallest absolute Gasteiger partial charge is 0.266 e. The first-order valence-electron chi connectivity index (χ1n) is 6.72. The minimum Gasteiger partial charge on any atom is -0.339 e. The summed E-state index contributed by atoms with van der Waals surface area (Å²) in [6.45, 7) is 1.77.